The van der Waals surface area contributed by atoms with Crippen molar-refractivity contribution in [3.63, 3.8) is 0 Å². The highest BCUT2D eigenvalue weighted by molar-refractivity contribution is 7.17. The largest absolute Gasteiger partial charge is 0.457 e. The van der Waals surface area contributed by atoms with Crippen LogP contribution in [0, 0.1) is 18.3 Å². The van der Waals surface area contributed by atoms with Gasteiger partial charge in [0, 0.05) is 11.1 Å². The maximum atomic E-state index is 12.3. The molecular formula is C19H14N2O2S. The molecule has 0 radical (unpaired) electrons. The lowest BCUT2D eigenvalue weighted by Gasteiger charge is -2.05. The first kappa shape index (κ1) is 15.9. The molecule has 0 aliphatic rings. The monoisotopic (exact) mass is 334 g/mol. The molecule has 5 heteroatoms. The van der Waals surface area contributed by atoms with E-state index in [1.165, 1.54) is 11.3 Å². The second-order valence-corrected chi connectivity index (χ2v) is 6.14. The molecule has 0 N–H and O–H groups in total. The molecule has 0 aliphatic carbocycles. The number of ether oxygens (including phenoxy) is 1. The minimum atomic E-state index is -0.417. The van der Waals surface area contributed by atoms with E-state index in [1.54, 1.807) is 25.1 Å². The van der Waals surface area contributed by atoms with Gasteiger partial charge in [-0.3, -0.25) is 0 Å². The van der Waals surface area contributed by atoms with Gasteiger partial charge in [-0.2, -0.15) is 5.26 Å². The average Bonchev–Trinajstić information content (AvgIpc) is 3.02. The predicted octanol–water partition coefficient (Wildman–Crippen LogP) is 4.35. The van der Waals surface area contributed by atoms with Crippen LogP contribution in [-0.4, -0.2) is 11.0 Å². The Morgan fingerprint density at radius 3 is 2.62 bits per heavy atom. The van der Waals surface area contributed by atoms with Crippen LogP contribution >= 0.6 is 11.3 Å². The number of aryl methyl sites for hydroxylation is 1. The summed E-state index contributed by atoms with van der Waals surface area (Å²) in [6, 6.07) is 18.9. The standard InChI is InChI=1S/C19H14N2O2S/c1-13-17(24-18(21-13)14-7-3-2-4-8-14)19(22)23-12-16-10-6-5-9-15(16)11-20/h2-10H,12H2,1H3. The van der Waals surface area contributed by atoms with Crippen LogP contribution < -0.4 is 0 Å². The van der Waals surface area contributed by atoms with E-state index < -0.39 is 5.97 Å². The third-order valence-corrected chi connectivity index (χ3v) is 4.69. The van der Waals surface area contributed by atoms with E-state index in [-0.39, 0.29) is 6.61 Å². The van der Waals surface area contributed by atoms with E-state index in [0.29, 0.717) is 21.7 Å². The van der Waals surface area contributed by atoms with Crippen molar-refractivity contribution >= 4 is 17.3 Å². The fourth-order valence-electron chi connectivity index (χ4n) is 2.25. The van der Waals surface area contributed by atoms with Crippen LogP contribution in [0.5, 0.6) is 0 Å². The fraction of sp³-hybridized carbons (Fsp3) is 0.105. The summed E-state index contributed by atoms with van der Waals surface area (Å²) in [5.41, 5.74) is 2.83. The first-order valence-corrected chi connectivity index (χ1v) is 8.18. The van der Waals surface area contributed by atoms with Gasteiger partial charge in [0.05, 0.1) is 17.3 Å². The summed E-state index contributed by atoms with van der Waals surface area (Å²) in [7, 11) is 0. The van der Waals surface area contributed by atoms with Gasteiger partial charge < -0.3 is 4.74 Å². The number of benzene rings is 2. The first-order chi connectivity index (χ1) is 11.7. The van der Waals surface area contributed by atoms with E-state index in [4.69, 9.17) is 10.00 Å². The fourth-order valence-corrected chi connectivity index (χ4v) is 3.22. The highest BCUT2D eigenvalue weighted by atomic mass is 32.1. The number of nitrogens with zero attached hydrogens (tertiary/aromatic N) is 2. The number of carbonyl (C=O) groups excluding carboxylic acids is 1. The maximum Gasteiger partial charge on any atom is 0.350 e. The van der Waals surface area contributed by atoms with Crippen molar-refractivity contribution in [2.24, 2.45) is 0 Å². The van der Waals surface area contributed by atoms with Crippen LogP contribution in [0.25, 0.3) is 10.6 Å². The molecule has 0 spiro atoms. The lowest BCUT2D eigenvalue weighted by Crippen LogP contribution is -2.05. The Morgan fingerprint density at radius 1 is 1.17 bits per heavy atom. The molecule has 0 saturated heterocycles. The van der Waals surface area contributed by atoms with Crippen LogP contribution in [0.15, 0.2) is 54.6 Å². The molecule has 0 saturated carbocycles. The first-order valence-electron chi connectivity index (χ1n) is 7.37. The zero-order valence-electron chi connectivity index (χ0n) is 13.0. The van der Waals surface area contributed by atoms with Gasteiger partial charge in [-0.25, -0.2) is 9.78 Å². The Balaban J connectivity index is 1.76. The molecule has 118 valence electrons. The van der Waals surface area contributed by atoms with E-state index in [9.17, 15) is 4.79 Å². The van der Waals surface area contributed by atoms with Gasteiger partial charge in [0.15, 0.2) is 0 Å². The van der Waals surface area contributed by atoms with Gasteiger partial charge in [0.25, 0.3) is 0 Å². The molecule has 0 atom stereocenters. The molecule has 2 aromatic carbocycles. The van der Waals surface area contributed by atoms with Gasteiger partial charge in [-0.05, 0) is 13.0 Å². The molecule has 0 bridgehead atoms. The smallest absolute Gasteiger partial charge is 0.350 e. The lowest BCUT2D eigenvalue weighted by molar-refractivity contribution is 0.0477. The van der Waals surface area contributed by atoms with E-state index >= 15 is 0 Å². The van der Waals surface area contributed by atoms with Crippen molar-refractivity contribution in [1.29, 1.82) is 5.26 Å². The van der Waals surface area contributed by atoms with Gasteiger partial charge >= 0.3 is 5.97 Å². The van der Waals surface area contributed by atoms with Crippen LogP contribution in [-0.2, 0) is 11.3 Å². The molecule has 1 aromatic heterocycles. The number of esters is 1. The Bertz CT molecular complexity index is 911. The number of aromatic nitrogens is 1. The normalized spacial score (nSPS) is 10.2. The molecular weight excluding hydrogens is 320 g/mol. The van der Waals surface area contributed by atoms with Crippen LogP contribution in [0.1, 0.15) is 26.5 Å². The second kappa shape index (κ2) is 7.07. The number of hydrogen-bond acceptors (Lipinski definition) is 5. The molecule has 3 rings (SSSR count). The Kier molecular flexibility index (Phi) is 4.69. The second-order valence-electron chi connectivity index (χ2n) is 5.14. The summed E-state index contributed by atoms with van der Waals surface area (Å²) in [5.74, 6) is -0.417. The van der Waals surface area contributed by atoms with Crippen molar-refractivity contribution in [3.8, 4) is 16.6 Å². The van der Waals surface area contributed by atoms with E-state index in [0.717, 1.165) is 10.6 Å². The number of carbonyl (C=O) groups is 1. The van der Waals surface area contributed by atoms with Crippen molar-refractivity contribution in [3.05, 3.63) is 76.3 Å². The molecule has 4 nitrogen and oxygen atoms in total. The number of nitriles is 1. The molecule has 24 heavy (non-hydrogen) atoms. The van der Waals surface area contributed by atoms with Gasteiger partial charge in [-0.1, -0.05) is 48.5 Å². The minimum Gasteiger partial charge on any atom is -0.457 e. The van der Waals surface area contributed by atoms with Crippen LogP contribution in [0.2, 0.25) is 0 Å². The summed E-state index contributed by atoms with van der Waals surface area (Å²) in [6.07, 6.45) is 0. The van der Waals surface area contributed by atoms with Crippen molar-refractivity contribution in [2.75, 3.05) is 0 Å². The predicted molar refractivity (Wildman–Crippen MR) is 92.6 cm³/mol. The Hall–Kier alpha value is -2.97. The summed E-state index contributed by atoms with van der Waals surface area (Å²) < 4.78 is 5.37. The molecule has 3 aromatic rings. The average molecular weight is 334 g/mol. The molecule has 0 unspecified atom stereocenters. The number of rotatable bonds is 4. The SMILES string of the molecule is Cc1nc(-c2ccccc2)sc1C(=O)OCc1ccccc1C#N. The van der Waals surface area contributed by atoms with E-state index in [1.807, 2.05) is 36.4 Å². The third kappa shape index (κ3) is 3.34. The molecule has 0 fully saturated rings. The van der Waals surface area contributed by atoms with Gasteiger partial charge in [-0.15, -0.1) is 11.3 Å². The molecule has 0 amide bonds. The van der Waals surface area contributed by atoms with E-state index in [2.05, 4.69) is 11.1 Å². The minimum absolute atomic E-state index is 0.0700. The van der Waals surface area contributed by atoms with Crippen molar-refractivity contribution < 1.29 is 9.53 Å². The maximum absolute atomic E-state index is 12.3. The van der Waals surface area contributed by atoms with Gasteiger partial charge in [0.2, 0.25) is 0 Å². The molecule has 0 aliphatic heterocycles. The summed E-state index contributed by atoms with van der Waals surface area (Å²) in [5, 5.41) is 9.87. The summed E-state index contributed by atoms with van der Waals surface area (Å²) in [6.45, 7) is 1.86. The quantitative estimate of drug-likeness (QED) is 0.666. The Labute approximate surface area is 144 Å². The van der Waals surface area contributed by atoms with Crippen LogP contribution in [0.4, 0.5) is 0 Å². The zero-order chi connectivity index (χ0) is 16.9. The third-order valence-electron chi connectivity index (χ3n) is 3.50. The summed E-state index contributed by atoms with van der Waals surface area (Å²) in [4.78, 5) is 17.3. The number of hydrogen-bond donors (Lipinski definition) is 0. The number of thiazole rings is 1. The van der Waals surface area contributed by atoms with Crippen molar-refractivity contribution in [1.82, 2.24) is 4.98 Å². The molecule has 1 heterocycles. The zero-order valence-corrected chi connectivity index (χ0v) is 13.8. The van der Waals surface area contributed by atoms with Crippen molar-refractivity contribution in [2.45, 2.75) is 13.5 Å². The Morgan fingerprint density at radius 2 is 1.88 bits per heavy atom. The van der Waals surface area contributed by atoms with Crippen LogP contribution in [0.3, 0.4) is 0 Å². The lowest BCUT2D eigenvalue weighted by atomic mass is 10.1. The highest BCUT2D eigenvalue weighted by Crippen LogP contribution is 2.28. The van der Waals surface area contributed by atoms with Gasteiger partial charge in [0.1, 0.15) is 16.5 Å². The highest BCUT2D eigenvalue weighted by Gasteiger charge is 2.18. The topological polar surface area (TPSA) is 63.0 Å². The summed E-state index contributed by atoms with van der Waals surface area (Å²) >= 11 is 1.32.